The minimum absolute atomic E-state index is 0. The van der Waals surface area contributed by atoms with Crippen LogP contribution in [-0.4, -0.2) is 38.3 Å². The van der Waals surface area contributed by atoms with E-state index in [4.69, 9.17) is 4.74 Å². The lowest BCUT2D eigenvalue weighted by atomic mass is 9.93. The van der Waals surface area contributed by atoms with Crippen LogP contribution in [0.3, 0.4) is 0 Å². The van der Waals surface area contributed by atoms with Crippen LogP contribution in [0.25, 0.3) is 0 Å². The lowest BCUT2D eigenvalue weighted by molar-refractivity contribution is -0.121. The van der Waals surface area contributed by atoms with Gasteiger partial charge in [-0.25, -0.2) is 0 Å². The monoisotopic (exact) mass is 346 g/mol. The molecule has 0 radical (unpaired) electrons. The van der Waals surface area contributed by atoms with Gasteiger partial charge in [0.25, 0.3) is 0 Å². The van der Waals surface area contributed by atoms with Gasteiger partial charge in [-0.3, -0.25) is 4.79 Å². The van der Waals surface area contributed by atoms with Crippen molar-refractivity contribution in [2.24, 2.45) is 11.8 Å². The van der Waals surface area contributed by atoms with Crippen molar-refractivity contribution in [2.75, 3.05) is 26.2 Å². The Balaban J connectivity index is 0.00000264. The molecule has 1 atom stereocenters. The lowest BCUT2D eigenvalue weighted by Gasteiger charge is -2.24. The maximum atomic E-state index is 12.0. The molecule has 2 rings (SSSR count). The van der Waals surface area contributed by atoms with Crippen LogP contribution in [0.4, 0.5) is 0 Å². The van der Waals surface area contributed by atoms with Crippen LogP contribution in [0.5, 0.6) is 0 Å². The normalized spacial score (nSPS) is 20.9. The summed E-state index contributed by atoms with van der Waals surface area (Å²) in [6.45, 7) is 5.85. The maximum absolute atomic E-state index is 12.0. The Bertz CT molecular complexity index is 316. The molecule has 136 valence electrons. The van der Waals surface area contributed by atoms with E-state index in [0.29, 0.717) is 18.4 Å². The van der Waals surface area contributed by atoms with E-state index < -0.39 is 0 Å². The van der Waals surface area contributed by atoms with Crippen molar-refractivity contribution < 1.29 is 9.53 Å². The zero-order chi connectivity index (χ0) is 15.6. The first-order chi connectivity index (χ1) is 10.8. The highest BCUT2D eigenvalue weighted by molar-refractivity contribution is 5.85. The van der Waals surface area contributed by atoms with E-state index in [1.165, 1.54) is 38.5 Å². The van der Waals surface area contributed by atoms with Gasteiger partial charge in [0.05, 0.1) is 6.10 Å². The van der Waals surface area contributed by atoms with Gasteiger partial charge in [-0.15, -0.1) is 12.4 Å². The summed E-state index contributed by atoms with van der Waals surface area (Å²) in [4.78, 5) is 12.0. The van der Waals surface area contributed by atoms with Crippen LogP contribution in [0, 0.1) is 11.8 Å². The molecule has 23 heavy (non-hydrogen) atoms. The third-order valence-corrected chi connectivity index (χ3v) is 5.30. The molecule has 0 bridgehead atoms. The number of halogens is 1. The van der Waals surface area contributed by atoms with Crippen LogP contribution in [0.15, 0.2) is 0 Å². The molecule has 0 aromatic rings. The van der Waals surface area contributed by atoms with Crippen molar-refractivity contribution in [1.82, 2.24) is 10.6 Å². The Kier molecular flexibility index (Phi) is 10.9. The summed E-state index contributed by atoms with van der Waals surface area (Å²) in [6, 6.07) is 0. The Morgan fingerprint density at radius 1 is 1.22 bits per heavy atom. The van der Waals surface area contributed by atoms with Gasteiger partial charge in [0, 0.05) is 19.6 Å². The fourth-order valence-electron chi connectivity index (χ4n) is 3.95. The largest absolute Gasteiger partial charge is 0.378 e. The predicted molar refractivity (Wildman–Crippen MR) is 97.1 cm³/mol. The van der Waals surface area contributed by atoms with Crippen LogP contribution in [-0.2, 0) is 9.53 Å². The van der Waals surface area contributed by atoms with Crippen molar-refractivity contribution in [2.45, 2.75) is 70.8 Å². The van der Waals surface area contributed by atoms with Gasteiger partial charge in [0.1, 0.15) is 0 Å². The molecule has 0 aromatic carbocycles. The molecule has 1 aliphatic carbocycles. The van der Waals surface area contributed by atoms with E-state index in [1.54, 1.807) is 0 Å². The molecule has 2 N–H and O–H groups in total. The van der Waals surface area contributed by atoms with Crippen molar-refractivity contribution in [3.8, 4) is 0 Å². The summed E-state index contributed by atoms with van der Waals surface area (Å²) < 4.78 is 5.90. The molecule has 5 heteroatoms. The summed E-state index contributed by atoms with van der Waals surface area (Å²) in [5.41, 5.74) is 0. The minimum atomic E-state index is 0. The van der Waals surface area contributed by atoms with Crippen LogP contribution < -0.4 is 10.6 Å². The highest BCUT2D eigenvalue weighted by atomic mass is 35.5. The fraction of sp³-hybridized carbons (Fsp3) is 0.944. The molecule has 4 nitrogen and oxygen atoms in total. The van der Waals surface area contributed by atoms with Gasteiger partial charge in [-0.2, -0.15) is 0 Å². The lowest BCUT2D eigenvalue weighted by Crippen LogP contribution is -2.32. The SMILES string of the molecule is CCOC(CCNC(=O)CCC1CCNCC1)C1CCCC1.Cl. The predicted octanol–water partition coefficient (Wildman–Crippen LogP) is 3.29. The second-order valence-corrected chi connectivity index (χ2v) is 6.91. The molecule has 1 saturated heterocycles. The average Bonchev–Trinajstić information content (AvgIpc) is 3.07. The Hall–Kier alpha value is -0.320. The average molecular weight is 347 g/mol. The van der Waals surface area contributed by atoms with E-state index in [0.717, 1.165) is 45.0 Å². The topological polar surface area (TPSA) is 50.4 Å². The highest BCUT2D eigenvalue weighted by Crippen LogP contribution is 2.30. The summed E-state index contributed by atoms with van der Waals surface area (Å²) in [6.07, 6.45) is 10.8. The molecular formula is C18H35ClN2O2. The van der Waals surface area contributed by atoms with Crippen LogP contribution >= 0.6 is 12.4 Å². The van der Waals surface area contributed by atoms with Gasteiger partial charge < -0.3 is 15.4 Å². The number of carbonyl (C=O) groups excluding carboxylic acids is 1. The van der Waals surface area contributed by atoms with Crippen molar-refractivity contribution >= 4 is 18.3 Å². The Morgan fingerprint density at radius 3 is 2.57 bits per heavy atom. The zero-order valence-corrected chi connectivity index (χ0v) is 15.5. The number of carbonyl (C=O) groups is 1. The summed E-state index contributed by atoms with van der Waals surface area (Å²) in [5.74, 6) is 1.67. The van der Waals surface area contributed by atoms with E-state index in [9.17, 15) is 4.79 Å². The molecule has 2 fully saturated rings. The minimum Gasteiger partial charge on any atom is -0.378 e. The third kappa shape index (κ3) is 7.86. The molecule has 1 unspecified atom stereocenters. The van der Waals surface area contributed by atoms with E-state index in [1.807, 2.05) is 0 Å². The number of ether oxygens (including phenoxy) is 1. The maximum Gasteiger partial charge on any atom is 0.220 e. The van der Waals surface area contributed by atoms with E-state index in [2.05, 4.69) is 17.6 Å². The number of rotatable bonds is 9. The quantitative estimate of drug-likeness (QED) is 0.673. The second kappa shape index (κ2) is 12.1. The van der Waals surface area contributed by atoms with Gasteiger partial charge in [0.2, 0.25) is 5.91 Å². The van der Waals surface area contributed by atoms with Crippen molar-refractivity contribution in [3.05, 3.63) is 0 Å². The zero-order valence-electron chi connectivity index (χ0n) is 14.6. The van der Waals surface area contributed by atoms with E-state index in [-0.39, 0.29) is 18.3 Å². The molecule has 1 saturated carbocycles. The Labute approximate surface area is 147 Å². The highest BCUT2D eigenvalue weighted by Gasteiger charge is 2.25. The second-order valence-electron chi connectivity index (χ2n) is 6.91. The number of nitrogens with one attached hydrogen (secondary N) is 2. The molecule has 1 amide bonds. The standard InChI is InChI=1S/C18H34N2O2.ClH/c1-2-22-17(16-5-3-4-6-16)11-14-20-18(21)8-7-15-9-12-19-13-10-15;/h15-17,19H,2-14H2,1H3,(H,20,21);1H. The van der Waals surface area contributed by atoms with Gasteiger partial charge >= 0.3 is 0 Å². The number of amides is 1. The molecule has 1 heterocycles. The molecule has 1 aliphatic heterocycles. The first-order valence-electron chi connectivity index (χ1n) is 9.38. The van der Waals surface area contributed by atoms with Crippen molar-refractivity contribution in [3.63, 3.8) is 0 Å². The van der Waals surface area contributed by atoms with Crippen LogP contribution in [0.1, 0.15) is 64.7 Å². The first-order valence-corrected chi connectivity index (χ1v) is 9.38. The van der Waals surface area contributed by atoms with Gasteiger partial charge in [0.15, 0.2) is 0 Å². The number of hydrogen-bond acceptors (Lipinski definition) is 3. The smallest absolute Gasteiger partial charge is 0.220 e. The van der Waals surface area contributed by atoms with E-state index >= 15 is 0 Å². The van der Waals surface area contributed by atoms with Gasteiger partial charge in [-0.1, -0.05) is 12.8 Å². The number of hydrogen-bond donors (Lipinski definition) is 2. The van der Waals surface area contributed by atoms with Crippen molar-refractivity contribution in [1.29, 1.82) is 0 Å². The summed E-state index contributed by atoms with van der Waals surface area (Å²) in [5, 5.41) is 6.47. The summed E-state index contributed by atoms with van der Waals surface area (Å²) >= 11 is 0. The first kappa shape index (κ1) is 20.7. The molecule has 0 spiro atoms. The molecule has 2 aliphatic rings. The third-order valence-electron chi connectivity index (χ3n) is 5.30. The van der Waals surface area contributed by atoms with Crippen LogP contribution in [0.2, 0.25) is 0 Å². The fourth-order valence-corrected chi connectivity index (χ4v) is 3.95. The molecule has 0 aromatic heterocycles. The Morgan fingerprint density at radius 2 is 1.91 bits per heavy atom. The number of piperidine rings is 1. The molecular weight excluding hydrogens is 312 g/mol. The van der Waals surface area contributed by atoms with Gasteiger partial charge in [-0.05, 0) is 70.4 Å². The summed E-state index contributed by atoms with van der Waals surface area (Å²) in [7, 11) is 0.